The van der Waals surface area contributed by atoms with E-state index in [2.05, 4.69) is 25.9 Å². The number of nitrogens with one attached hydrogen (secondary N) is 3. The van der Waals surface area contributed by atoms with E-state index < -0.39 is 0 Å². The molecular formula is C20H18ClN5O3S. The SMILES string of the molecule is COc1cc(OC)c(NC(=S)Nc2ccc(NC(=O)c3ccccn3)cn2)cc1Cl. The molecular weight excluding hydrogens is 426 g/mol. The first-order chi connectivity index (χ1) is 14.5. The summed E-state index contributed by atoms with van der Waals surface area (Å²) in [5.74, 6) is 1.17. The molecule has 0 spiro atoms. The van der Waals surface area contributed by atoms with Gasteiger partial charge in [-0.05, 0) is 42.5 Å². The Balaban J connectivity index is 1.62. The maximum Gasteiger partial charge on any atom is 0.274 e. The number of pyridine rings is 2. The molecule has 3 N–H and O–H groups in total. The summed E-state index contributed by atoms with van der Waals surface area (Å²) in [7, 11) is 3.05. The van der Waals surface area contributed by atoms with E-state index in [1.807, 2.05) is 0 Å². The van der Waals surface area contributed by atoms with Crippen molar-refractivity contribution < 1.29 is 14.3 Å². The lowest BCUT2D eigenvalue weighted by atomic mass is 10.2. The van der Waals surface area contributed by atoms with Crippen LogP contribution >= 0.6 is 23.8 Å². The zero-order valence-electron chi connectivity index (χ0n) is 16.1. The van der Waals surface area contributed by atoms with Crippen LogP contribution in [-0.2, 0) is 0 Å². The number of thiocarbonyl (C=S) groups is 1. The predicted molar refractivity (Wildman–Crippen MR) is 121 cm³/mol. The minimum atomic E-state index is -0.321. The van der Waals surface area contributed by atoms with Gasteiger partial charge in [-0.1, -0.05) is 17.7 Å². The van der Waals surface area contributed by atoms with Gasteiger partial charge in [0.15, 0.2) is 5.11 Å². The molecule has 30 heavy (non-hydrogen) atoms. The first-order valence-electron chi connectivity index (χ1n) is 8.68. The van der Waals surface area contributed by atoms with Crippen molar-refractivity contribution in [3.63, 3.8) is 0 Å². The molecule has 0 aliphatic heterocycles. The van der Waals surface area contributed by atoms with Gasteiger partial charge in [-0.2, -0.15) is 0 Å². The second kappa shape index (κ2) is 9.86. The minimum Gasteiger partial charge on any atom is -0.495 e. The van der Waals surface area contributed by atoms with Crippen molar-refractivity contribution in [1.82, 2.24) is 9.97 Å². The number of ether oxygens (including phenoxy) is 2. The Labute approximate surface area is 183 Å². The van der Waals surface area contributed by atoms with E-state index in [9.17, 15) is 4.79 Å². The van der Waals surface area contributed by atoms with Gasteiger partial charge in [0, 0.05) is 12.3 Å². The monoisotopic (exact) mass is 443 g/mol. The van der Waals surface area contributed by atoms with Gasteiger partial charge in [0.25, 0.3) is 5.91 Å². The van der Waals surface area contributed by atoms with Crippen molar-refractivity contribution in [2.75, 3.05) is 30.2 Å². The molecule has 10 heteroatoms. The van der Waals surface area contributed by atoms with E-state index in [1.165, 1.54) is 20.4 Å². The highest BCUT2D eigenvalue weighted by Crippen LogP contribution is 2.35. The Morgan fingerprint density at radius 3 is 2.43 bits per heavy atom. The number of halogens is 1. The lowest BCUT2D eigenvalue weighted by molar-refractivity contribution is 0.102. The largest absolute Gasteiger partial charge is 0.495 e. The average Bonchev–Trinajstić information content (AvgIpc) is 2.76. The third kappa shape index (κ3) is 5.34. The summed E-state index contributed by atoms with van der Waals surface area (Å²) in [4.78, 5) is 20.4. The lowest BCUT2D eigenvalue weighted by Crippen LogP contribution is -2.20. The van der Waals surface area contributed by atoms with Crippen LogP contribution in [0.2, 0.25) is 5.02 Å². The molecule has 0 saturated carbocycles. The summed E-state index contributed by atoms with van der Waals surface area (Å²) in [5.41, 5.74) is 1.41. The van der Waals surface area contributed by atoms with Crippen molar-refractivity contribution in [3.8, 4) is 11.5 Å². The number of rotatable bonds is 6. The number of hydrogen-bond donors (Lipinski definition) is 3. The number of benzene rings is 1. The molecule has 0 bridgehead atoms. The van der Waals surface area contributed by atoms with Crippen LogP contribution in [0.25, 0.3) is 0 Å². The maximum atomic E-state index is 12.1. The Morgan fingerprint density at radius 2 is 1.80 bits per heavy atom. The Morgan fingerprint density at radius 1 is 1.00 bits per heavy atom. The summed E-state index contributed by atoms with van der Waals surface area (Å²) < 4.78 is 10.5. The average molecular weight is 444 g/mol. The van der Waals surface area contributed by atoms with Crippen molar-refractivity contribution in [2.24, 2.45) is 0 Å². The number of amides is 1. The quantitative estimate of drug-likeness (QED) is 0.487. The topological polar surface area (TPSA) is 97.4 Å². The highest BCUT2D eigenvalue weighted by atomic mass is 35.5. The van der Waals surface area contributed by atoms with Crippen LogP contribution in [0.4, 0.5) is 17.2 Å². The first-order valence-corrected chi connectivity index (χ1v) is 9.46. The van der Waals surface area contributed by atoms with E-state index in [-0.39, 0.29) is 11.0 Å². The second-order valence-corrected chi connectivity index (χ2v) is 6.68. The molecule has 2 heterocycles. The van der Waals surface area contributed by atoms with E-state index in [0.717, 1.165) is 0 Å². The van der Waals surface area contributed by atoms with Crippen molar-refractivity contribution >= 4 is 52.0 Å². The zero-order valence-corrected chi connectivity index (χ0v) is 17.7. The fourth-order valence-electron chi connectivity index (χ4n) is 2.46. The number of hydrogen-bond acceptors (Lipinski definition) is 6. The van der Waals surface area contributed by atoms with Crippen LogP contribution in [0, 0.1) is 0 Å². The first kappa shape index (κ1) is 21.3. The molecule has 3 rings (SSSR count). The molecule has 0 atom stereocenters. The van der Waals surface area contributed by atoms with Gasteiger partial charge in [0.2, 0.25) is 0 Å². The highest BCUT2D eigenvalue weighted by Gasteiger charge is 2.12. The molecule has 8 nitrogen and oxygen atoms in total. The number of nitrogens with zero attached hydrogens (tertiary/aromatic N) is 2. The summed E-state index contributed by atoms with van der Waals surface area (Å²) in [6, 6.07) is 11.8. The van der Waals surface area contributed by atoms with Gasteiger partial charge in [0.1, 0.15) is 23.0 Å². The Kier molecular flexibility index (Phi) is 6.99. The van der Waals surface area contributed by atoms with Crippen LogP contribution in [0.15, 0.2) is 54.9 Å². The lowest BCUT2D eigenvalue weighted by Gasteiger charge is -2.15. The minimum absolute atomic E-state index is 0.285. The van der Waals surface area contributed by atoms with Gasteiger partial charge >= 0.3 is 0 Å². The smallest absolute Gasteiger partial charge is 0.274 e. The molecule has 1 aromatic carbocycles. The molecule has 154 valence electrons. The number of aromatic nitrogens is 2. The van der Waals surface area contributed by atoms with Crippen LogP contribution in [0.5, 0.6) is 11.5 Å². The molecule has 0 saturated heterocycles. The summed E-state index contributed by atoms with van der Waals surface area (Å²) in [6.07, 6.45) is 3.07. The van der Waals surface area contributed by atoms with Crippen molar-refractivity contribution in [3.05, 3.63) is 65.6 Å². The Hall–Kier alpha value is -3.43. The molecule has 1 amide bonds. The number of methoxy groups -OCH3 is 2. The van der Waals surface area contributed by atoms with Crippen molar-refractivity contribution in [2.45, 2.75) is 0 Å². The third-order valence-corrected chi connectivity index (χ3v) is 4.38. The van der Waals surface area contributed by atoms with Gasteiger partial charge < -0.3 is 25.4 Å². The van der Waals surface area contributed by atoms with Crippen LogP contribution in [0.1, 0.15) is 10.5 Å². The molecule has 3 aromatic rings. The molecule has 0 aliphatic rings. The van der Waals surface area contributed by atoms with E-state index in [1.54, 1.807) is 48.7 Å². The summed E-state index contributed by atoms with van der Waals surface area (Å²) in [5, 5.41) is 9.39. The van der Waals surface area contributed by atoms with Crippen LogP contribution < -0.4 is 25.4 Å². The van der Waals surface area contributed by atoms with E-state index >= 15 is 0 Å². The fourth-order valence-corrected chi connectivity index (χ4v) is 2.92. The molecule has 0 fully saturated rings. The standard InChI is InChI=1S/C20H18ClN5O3S/c1-28-16-10-17(29-2)15(9-13(16)21)25-20(30)26-18-7-6-12(11-23-18)24-19(27)14-5-3-4-8-22-14/h3-11H,1-2H3,(H,24,27)(H2,23,25,26,30). The van der Waals surface area contributed by atoms with Gasteiger partial charge in [-0.3, -0.25) is 9.78 Å². The molecule has 0 aliphatic carbocycles. The molecule has 0 unspecified atom stereocenters. The molecule has 0 radical (unpaired) electrons. The van der Waals surface area contributed by atoms with Gasteiger partial charge in [-0.15, -0.1) is 0 Å². The normalized spacial score (nSPS) is 10.1. The molecule has 2 aromatic heterocycles. The number of carbonyl (C=O) groups excluding carboxylic acids is 1. The van der Waals surface area contributed by atoms with Crippen LogP contribution in [-0.4, -0.2) is 35.2 Å². The fraction of sp³-hybridized carbons (Fsp3) is 0.100. The summed E-state index contributed by atoms with van der Waals surface area (Å²) >= 11 is 11.5. The summed E-state index contributed by atoms with van der Waals surface area (Å²) in [6.45, 7) is 0. The van der Waals surface area contributed by atoms with Crippen molar-refractivity contribution in [1.29, 1.82) is 0 Å². The Bertz CT molecular complexity index is 1050. The number of carbonyl (C=O) groups is 1. The van der Waals surface area contributed by atoms with E-state index in [0.29, 0.717) is 39.4 Å². The maximum absolute atomic E-state index is 12.1. The van der Waals surface area contributed by atoms with Gasteiger partial charge in [0.05, 0.1) is 36.8 Å². The zero-order chi connectivity index (χ0) is 21.5. The van der Waals surface area contributed by atoms with Gasteiger partial charge in [-0.25, -0.2) is 4.98 Å². The van der Waals surface area contributed by atoms with Crippen LogP contribution in [0.3, 0.4) is 0 Å². The highest BCUT2D eigenvalue weighted by molar-refractivity contribution is 7.80. The number of anilines is 3. The second-order valence-electron chi connectivity index (χ2n) is 5.87. The third-order valence-electron chi connectivity index (χ3n) is 3.88. The van der Waals surface area contributed by atoms with E-state index in [4.69, 9.17) is 33.3 Å². The predicted octanol–water partition coefficient (Wildman–Crippen LogP) is 4.21.